The number of phenols is 1. The van der Waals surface area contributed by atoms with Crippen LogP contribution in [-0.2, 0) is 13.1 Å². The Labute approximate surface area is 152 Å². The number of benzene rings is 2. The van der Waals surface area contributed by atoms with E-state index in [-0.39, 0.29) is 6.10 Å². The van der Waals surface area contributed by atoms with Gasteiger partial charge in [0.05, 0.1) is 0 Å². The summed E-state index contributed by atoms with van der Waals surface area (Å²) >= 11 is 1.70. The van der Waals surface area contributed by atoms with Crippen molar-refractivity contribution in [1.82, 2.24) is 4.90 Å². The molecule has 0 radical (unpaired) electrons. The summed E-state index contributed by atoms with van der Waals surface area (Å²) in [5.74, 6) is 1.29. The first-order valence-electron chi connectivity index (χ1n) is 8.46. The summed E-state index contributed by atoms with van der Waals surface area (Å²) in [6, 6.07) is 16.0. The Morgan fingerprint density at radius 2 is 2.12 bits per heavy atom. The highest BCUT2D eigenvalue weighted by molar-refractivity contribution is 7.07. The van der Waals surface area contributed by atoms with Crippen LogP contribution >= 0.6 is 11.3 Å². The number of hydrogen-bond acceptors (Lipinski definition) is 4. The molecule has 1 N–H and O–H groups in total. The number of fused-ring (bicyclic) bond motifs is 1. The maximum atomic E-state index is 9.75. The van der Waals surface area contributed by atoms with E-state index in [4.69, 9.17) is 4.74 Å². The van der Waals surface area contributed by atoms with E-state index in [1.807, 2.05) is 12.1 Å². The molecular formula is C21H21NO2S. The number of rotatable bonds is 3. The topological polar surface area (TPSA) is 32.7 Å². The van der Waals surface area contributed by atoms with Crippen LogP contribution in [0, 0.1) is 6.92 Å². The summed E-state index contributed by atoms with van der Waals surface area (Å²) in [4.78, 5) is 2.39. The van der Waals surface area contributed by atoms with Gasteiger partial charge in [-0.3, -0.25) is 4.90 Å². The highest BCUT2D eigenvalue weighted by Gasteiger charge is 2.24. The van der Waals surface area contributed by atoms with E-state index in [1.165, 1.54) is 16.7 Å². The van der Waals surface area contributed by atoms with E-state index >= 15 is 0 Å². The Hall–Kier alpha value is -2.30. The lowest BCUT2D eigenvalue weighted by Gasteiger charge is -2.23. The van der Waals surface area contributed by atoms with E-state index in [2.05, 4.69) is 52.9 Å². The zero-order chi connectivity index (χ0) is 17.2. The minimum absolute atomic E-state index is 0.0208. The monoisotopic (exact) mass is 351 g/mol. The third-order valence-corrected chi connectivity index (χ3v) is 5.24. The second kappa shape index (κ2) is 6.90. The summed E-state index contributed by atoms with van der Waals surface area (Å²) in [5.41, 5.74) is 4.80. The first kappa shape index (κ1) is 16.2. The van der Waals surface area contributed by atoms with Gasteiger partial charge in [-0.1, -0.05) is 29.8 Å². The third-order valence-electron chi connectivity index (χ3n) is 4.53. The van der Waals surface area contributed by atoms with Gasteiger partial charge in [0.1, 0.15) is 17.6 Å². The normalized spacial score (nSPS) is 17.6. The average molecular weight is 351 g/mol. The number of phenolic OH excluding ortho intramolecular Hbond substituents is 1. The Morgan fingerprint density at radius 1 is 1.20 bits per heavy atom. The largest absolute Gasteiger partial charge is 0.508 e. The molecule has 0 amide bonds. The minimum atomic E-state index is 0.0208. The summed E-state index contributed by atoms with van der Waals surface area (Å²) in [7, 11) is 0. The second-order valence-electron chi connectivity index (χ2n) is 6.61. The van der Waals surface area contributed by atoms with Crippen LogP contribution in [-0.4, -0.2) is 16.6 Å². The standard InChI is InChI=1S/C21H21NO2S/c1-15-5-6-20-18(9-15)12-22(11-16-3-2-4-19(23)10-16)13-21(24-20)17-7-8-25-14-17/h2-10,14,21,23H,11-13H2,1H3/t21-/m0/s1. The SMILES string of the molecule is Cc1ccc2c(c1)CN(Cc1cccc(O)c1)C[C@@H](c1ccsc1)O2. The summed E-state index contributed by atoms with van der Waals surface area (Å²) in [6.45, 7) is 4.56. The van der Waals surface area contributed by atoms with Gasteiger partial charge in [0.25, 0.3) is 0 Å². The minimum Gasteiger partial charge on any atom is -0.508 e. The molecule has 3 nitrogen and oxygen atoms in total. The van der Waals surface area contributed by atoms with Gasteiger partial charge in [-0.05, 0) is 47.5 Å². The van der Waals surface area contributed by atoms with Crippen molar-refractivity contribution in [3.05, 3.63) is 81.5 Å². The van der Waals surface area contributed by atoms with E-state index in [0.29, 0.717) is 5.75 Å². The average Bonchev–Trinajstić information content (AvgIpc) is 3.05. The highest BCUT2D eigenvalue weighted by atomic mass is 32.1. The number of thiophene rings is 1. The van der Waals surface area contributed by atoms with Gasteiger partial charge in [0.15, 0.2) is 0 Å². The van der Waals surface area contributed by atoms with Gasteiger partial charge >= 0.3 is 0 Å². The lowest BCUT2D eigenvalue weighted by Crippen LogP contribution is -2.27. The van der Waals surface area contributed by atoms with Gasteiger partial charge in [-0.25, -0.2) is 0 Å². The molecule has 128 valence electrons. The predicted octanol–water partition coefficient (Wildman–Crippen LogP) is 4.90. The molecule has 25 heavy (non-hydrogen) atoms. The third kappa shape index (κ3) is 3.70. The predicted molar refractivity (Wildman–Crippen MR) is 101 cm³/mol. The van der Waals surface area contributed by atoms with Crippen LogP contribution in [0.3, 0.4) is 0 Å². The molecule has 0 spiro atoms. The molecule has 0 saturated carbocycles. The maximum absolute atomic E-state index is 9.75. The quantitative estimate of drug-likeness (QED) is 0.729. The van der Waals surface area contributed by atoms with Crippen molar-refractivity contribution in [3.63, 3.8) is 0 Å². The fraction of sp³-hybridized carbons (Fsp3) is 0.238. The van der Waals surface area contributed by atoms with Gasteiger partial charge in [0.2, 0.25) is 0 Å². The molecule has 4 heteroatoms. The van der Waals surface area contributed by atoms with Crippen molar-refractivity contribution in [2.75, 3.05) is 6.54 Å². The van der Waals surface area contributed by atoms with Crippen LogP contribution in [0.25, 0.3) is 0 Å². The molecule has 1 aromatic heterocycles. The van der Waals surface area contributed by atoms with E-state index < -0.39 is 0 Å². The maximum Gasteiger partial charge on any atom is 0.137 e. The molecule has 1 aliphatic rings. The van der Waals surface area contributed by atoms with Crippen LogP contribution < -0.4 is 4.74 Å². The lowest BCUT2D eigenvalue weighted by molar-refractivity contribution is 0.144. The molecule has 0 aliphatic carbocycles. The molecule has 0 fully saturated rings. The Balaban J connectivity index is 1.66. The lowest BCUT2D eigenvalue weighted by atomic mass is 10.1. The molecule has 2 heterocycles. The molecule has 1 aliphatic heterocycles. The van der Waals surface area contributed by atoms with Crippen LogP contribution in [0.15, 0.2) is 59.3 Å². The summed E-state index contributed by atoms with van der Waals surface area (Å²) in [5, 5.41) is 14.0. The van der Waals surface area contributed by atoms with Crippen molar-refractivity contribution in [1.29, 1.82) is 0 Å². The van der Waals surface area contributed by atoms with Crippen molar-refractivity contribution in [3.8, 4) is 11.5 Å². The number of hydrogen-bond donors (Lipinski definition) is 1. The summed E-state index contributed by atoms with van der Waals surface area (Å²) in [6.07, 6.45) is 0.0208. The van der Waals surface area contributed by atoms with Gasteiger partial charge in [-0.15, -0.1) is 0 Å². The highest BCUT2D eigenvalue weighted by Crippen LogP contribution is 2.33. The van der Waals surface area contributed by atoms with E-state index in [0.717, 1.165) is 30.9 Å². The number of nitrogens with zero attached hydrogens (tertiary/aromatic N) is 1. The van der Waals surface area contributed by atoms with Crippen LogP contribution in [0.2, 0.25) is 0 Å². The fourth-order valence-corrected chi connectivity index (χ4v) is 4.04. The molecule has 0 unspecified atom stereocenters. The van der Waals surface area contributed by atoms with Gasteiger partial charge in [0, 0.05) is 30.8 Å². The molecule has 3 aromatic rings. The molecule has 4 rings (SSSR count). The molecule has 1 atom stereocenters. The Morgan fingerprint density at radius 3 is 2.92 bits per heavy atom. The van der Waals surface area contributed by atoms with Crippen LogP contribution in [0.4, 0.5) is 0 Å². The van der Waals surface area contributed by atoms with Crippen molar-refractivity contribution < 1.29 is 9.84 Å². The number of aromatic hydroxyl groups is 1. The zero-order valence-corrected chi connectivity index (χ0v) is 15.0. The van der Waals surface area contributed by atoms with Crippen molar-refractivity contribution >= 4 is 11.3 Å². The summed E-state index contributed by atoms with van der Waals surface area (Å²) < 4.78 is 6.36. The molecular weight excluding hydrogens is 330 g/mol. The Kier molecular flexibility index (Phi) is 4.47. The van der Waals surface area contributed by atoms with Gasteiger partial charge < -0.3 is 9.84 Å². The molecule has 0 bridgehead atoms. The molecule has 2 aromatic carbocycles. The van der Waals surface area contributed by atoms with E-state index in [1.54, 1.807) is 17.4 Å². The zero-order valence-electron chi connectivity index (χ0n) is 14.2. The smallest absolute Gasteiger partial charge is 0.137 e. The molecule has 0 saturated heterocycles. The first-order valence-corrected chi connectivity index (χ1v) is 9.40. The van der Waals surface area contributed by atoms with E-state index in [9.17, 15) is 5.11 Å². The number of ether oxygens (including phenoxy) is 1. The number of aryl methyl sites for hydroxylation is 1. The van der Waals surface area contributed by atoms with Gasteiger partial charge in [-0.2, -0.15) is 11.3 Å². The van der Waals surface area contributed by atoms with Crippen LogP contribution in [0.5, 0.6) is 11.5 Å². The fourth-order valence-electron chi connectivity index (χ4n) is 3.34. The van der Waals surface area contributed by atoms with Crippen LogP contribution in [0.1, 0.15) is 28.4 Å². The van der Waals surface area contributed by atoms with Crippen molar-refractivity contribution in [2.24, 2.45) is 0 Å². The van der Waals surface area contributed by atoms with Crippen molar-refractivity contribution in [2.45, 2.75) is 26.1 Å². The first-order chi connectivity index (χ1) is 12.2. The second-order valence-corrected chi connectivity index (χ2v) is 7.39. The Bertz CT molecular complexity index is 860.